The van der Waals surface area contributed by atoms with E-state index in [0.29, 0.717) is 0 Å². The average molecular weight is 270 g/mol. The highest BCUT2D eigenvalue weighted by molar-refractivity contribution is 5.95. The molecule has 3 heteroatoms. The van der Waals surface area contributed by atoms with Crippen molar-refractivity contribution in [2.24, 2.45) is 5.92 Å². The van der Waals surface area contributed by atoms with E-state index in [1.165, 1.54) is 17.4 Å². The molecule has 0 unspecified atom stereocenters. The van der Waals surface area contributed by atoms with Crippen LogP contribution < -0.4 is 0 Å². The molecule has 0 N–H and O–H groups in total. The third-order valence-corrected chi connectivity index (χ3v) is 4.31. The highest BCUT2D eigenvalue weighted by Gasteiger charge is 2.27. The normalized spacial score (nSPS) is 15.8. The Kier molecular flexibility index (Phi) is 3.62. The average Bonchev–Trinajstić information content (AvgIpc) is 2.73. The number of aromatic nitrogens is 1. The van der Waals surface area contributed by atoms with Crippen molar-refractivity contribution < 1.29 is 4.79 Å². The van der Waals surface area contributed by atoms with Gasteiger partial charge in [0.05, 0.1) is 5.52 Å². The van der Waals surface area contributed by atoms with Gasteiger partial charge in [0, 0.05) is 24.0 Å². The first-order valence-corrected chi connectivity index (χ1v) is 7.44. The lowest BCUT2D eigenvalue weighted by atomic mass is 9.85. The van der Waals surface area contributed by atoms with Gasteiger partial charge in [-0.25, -0.2) is 0 Å². The van der Waals surface area contributed by atoms with Crippen LogP contribution in [0.4, 0.5) is 0 Å². The number of rotatable bonds is 4. The van der Waals surface area contributed by atoms with Gasteiger partial charge in [0.15, 0.2) is 0 Å². The molecule has 1 heterocycles. The van der Waals surface area contributed by atoms with Gasteiger partial charge < -0.3 is 4.90 Å². The fourth-order valence-corrected chi connectivity index (χ4v) is 2.83. The molecule has 0 radical (unpaired) electrons. The fourth-order valence-electron chi connectivity index (χ4n) is 2.83. The van der Waals surface area contributed by atoms with E-state index in [1.54, 1.807) is 0 Å². The van der Waals surface area contributed by atoms with Crippen molar-refractivity contribution in [3.63, 3.8) is 0 Å². The summed E-state index contributed by atoms with van der Waals surface area (Å²) in [5, 5.41) is 1.22. The number of para-hydroxylation sites is 1. The Labute approximate surface area is 120 Å². The molecule has 0 atom stereocenters. The van der Waals surface area contributed by atoms with E-state index >= 15 is 0 Å². The van der Waals surface area contributed by atoms with Gasteiger partial charge in [-0.15, -0.1) is 0 Å². The number of carbonyl (C=O) groups excluding carboxylic acids is 1. The van der Waals surface area contributed by atoms with Crippen LogP contribution in [-0.4, -0.2) is 36.0 Å². The molecule has 1 aromatic carbocycles. The summed E-state index contributed by atoms with van der Waals surface area (Å²) in [7, 11) is 4.16. The van der Waals surface area contributed by atoms with Crippen molar-refractivity contribution in [3.05, 3.63) is 36.0 Å². The molecule has 0 saturated heterocycles. The molecule has 1 saturated carbocycles. The van der Waals surface area contributed by atoms with Gasteiger partial charge in [0.1, 0.15) is 0 Å². The van der Waals surface area contributed by atoms with Crippen LogP contribution in [0.3, 0.4) is 0 Å². The Morgan fingerprint density at radius 2 is 2.05 bits per heavy atom. The van der Waals surface area contributed by atoms with E-state index in [2.05, 4.69) is 43.4 Å². The molecule has 3 rings (SSSR count). The van der Waals surface area contributed by atoms with Gasteiger partial charge in [0.25, 0.3) is 0 Å². The second kappa shape index (κ2) is 5.41. The predicted octanol–water partition coefficient (Wildman–Crippen LogP) is 3.19. The first-order valence-electron chi connectivity index (χ1n) is 7.44. The van der Waals surface area contributed by atoms with Crippen molar-refractivity contribution in [1.82, 2.24) is 9.47 Å². The minimum absolute atomic E-state index is 0.243. The smallest absolute Gasteiger partial charge is 0.234 e. The minimum Gasteiger partial charge on any atom is -0.309 e. The highest BCUT2D eigenvalue weighted by Crippen LogP contribution is 2.30. The van der Waals surface area contributed by atoms with E-state index in [-0.39, 0.29) is 11.8 Å². The lowest BCUT2D eigenvalue weighted by molar-refractivity contribution is 0.0770. The number of likely N-dealkylation sites (N-methyl/N-ethyl adjacent to an activating group) is 1. The van der Waals surface area contributed by atoms with Gasteiger partial charge in [-0.2, -0.15) is 0 Å². The van der Waals surface area contributed by atoms with Crippen LogP contribution in [0.25, 0.3) is 10.9 Å². The van der Waals surface area contributed by atoms with Crippen LogP contribution >= 0.6 is 0 Å². The molecule has 0 bridgehead atoms. The topological polar surface area (TPSA) is 25.2 Å². The summed E-state index contributed by atoms with van der Waals surface area (Å²) >= 11 is 0. The maximum Gasteiger partial charge on any atom is 0.234 e. The Hall–Kier alpha value is -1.61. The quantitative estimate of drug-likeness (QED) is 0.852. The first-order chi connectivity index (χ1) is 9.66. The summed E-state index contributed by atoms with van der Waals surface area (Å²) in [6.07, 6.45) is 6.35. The molecule has 0 aliphatic heterocycles. The number of nitrogens with zero attached hydrogens (tertiary/aromatic N) is 2. The molecule has 3 nitrogen and oxygen atoms in total. The summed E-state index contributed by atoms with van der Waals surface area (Å²) in [6, 6.07) is 8.26. The molecule has 2 aromatic rings. The maximum atomic E-state index is 12.5. The number of hydrogen-bond acceptors (Lipinski definition) is 2. The molecule has 1 aliphatic rings. The van der Waals surface area contributed by atoms with Crippen molar-refractivity contribution in [3.8, 4) is 0 Å². The van der Waals surface area contributed by atoms with Crippen molar-refractivity contribution in [2.75, 3.05) is 20.6 Å². The number of carbonyl (C=O) groups is 1. The van der Waals surface area contributed by atoms with Crippen molar-refractivity contribution >= 4 is 16.8 Å². The number of fused-ring (bicyclic) bond motifs is 1. The predicted molar refractivity (Wildman–Crippen MR) is 82.2 cm³/mol. The third-order valence-electron chi connectivity index (χ3n) is 4.31. The van der Waals surface area contributed by atoms with Crippen LogP contribution in [0.15, 0.2) is 30.5 Å². The summed E-state index contributed by atoms with van der Waals surface area (Å²) in [5.74, 6) is 0.524. The van der Waals surface area contributed by atoms with Gasteiger partial charge in [-0.1, -0.05) is 24.6 Å². The summed E-state index contributed by atoms with van der Waals surface area (Å²) < 4.78 is 1.89. The van der Waals surface area contributed by atoms with Crippen LogP contribution in [-0.2, 0) is 6.42 Å². The maximum absolute atomic E-state index is 12.5. The summed E-state index contributed by atoms with van der Waals surface area (Å²) in [5.41, 5.74) is 2.35. The van der Waals surface area contributed by atoms with Crippen LogP contribution in [0.5, 0.6) is 0 Å². The molecule has 1 aromatic heterocycles. The van der Waals surface area contributed by atoms with Crippen LogP contribution in [0.2, 0.25) is 0 Å². The first kappa shape index (κ1) is 13.4. The summed E-state index contributed by atoms with van der Waals surface area (Å²) in [4.78, 5) is 14.7. The molecule has 0 amide bonds. The molecular formula is C17H22N2O. The van der Waals surface area contributed by atoms with E-state index < -0.39 is 0 Å². The third kappa shape index (κ3) is 2.38. The SMILES string of the molecule is CN(C)CCc1cn(C(=O)C2CCC2)c2ccccc12. The Balaban J connectivity index is 1.97. The van der Waals surface area contributed by atoms with E-state index in [4.69, 9.17) is 0 Å². The summed E-state index contributed by atoms with van der Waals surface area (Å²) in [6.45, 7) is 1.01. The standard InChI is InChI=1S/C17H22N2O/c1-18(2)11-10-14-12-19(17(20)13-6-5-7-13)16-9-4-3-8-15(14)16/h3-4,8-9,12-13H,5-7,10-11H2,1-2H3. The number of hydrogen-bond donors (Lipinski definition) is 0. The largest absolute Gasteiger partial charge is 0.309 e. The molecule has 20 heavy (non-hydrogen) atoms. The van der Waals surface area contributed by atoms with Crippen LogP contribution in [0, 0.1) is 5.92 Å². The second-order valence-electron chi connectivity index (χ2n) is 6.06. The zero-order valence-corrected chi connectivity index (χ0v) is 12.3. The van der Waals surface area contributed by atoms with Crippen molar-refractivity contribution in [2.45, 2.75) is 25.7 Å². The Morgan fingerprint density at radius 3 is 2.70 bits per heavy atom. The zero-order valence-electron chi connectivity index (χ0n) is 12.3. The molecule has 106 valence electrons. The number of benzene rings is 1. The molecular weight excluding hydrogens is 248 g/mol. The minimum atomic E-state index is 0.243. The van der Waals surface area contributed by atoms with E-state index in [1.807, 2.05) is 10.6 Å². The highest BCUT2D eigenvalue weighted by atomic mass is 16.2. The lowest BCUT2D eigenvalue weighted by Gasteiger charge is -2.24. The van der Waals surface area contributed by atoms with Gasteiger partial charge in [-0.05, 0) is 45.0 Å². The monoisotopic (exact) mass is 270 g/mol. The van der Waals surface area contributed by atoms with Gasteiger partial charge in [0.2, 0.25) is 5.91 Å². The van der Waals surface area contributed by atoms with Gasteiger partial charge in [-0.3, -0.25) is 9.36 Å². The van der Waals surface area contributed by atoms with Crippen LogP contribution in [0.1, 0.15) is 29.6 Å². The van der Waals surface area contributed by atoms with E-state index in [0.717, 1.165) is 31.3 Å². The lowest BCUT2D eigenvalue weighted by Crippen LogP contribution is -2.26. The fraction of sp³-hybridized carbons (Fsp3) is 0.471. The Bertz CT molecular complexity index is 623. The second-order valence-corrected chi connectivity index (χ2v) is 6.06. The van der Waals surface area contributed by atoms with Crippen molar-refractivity contribution in [1.29, 1.82) is 0 Å². The molecule has 1 fully saturated rings. The van der Waals surface area contributed by atoms with E-state index in [9.17, 15) is 4.79 Å². The Morgan fingerprint density at radius 1 is 1.30 bits per heavy atom. The van der Waals surface area contributed by atoms with Gasteiger partial charge >= 0.3 is 0 Å². The molecule has 1 aliphatic carbocycles. The zero-order chi connectivity index (χ0) is 14.1. The molecule has 0 spiro atoms.